The molecule has 1 heterocycles. The molecule has 1 aromatic heterocycles. The van der Waals surface area contributed by atoms with Crippen LogP contribution in [-0.4, -0.2) is 34.7 Å². The highest BCUT2D eigenvalue weighted by atomic mass is 32.1. The van der Waals surface area contributed by atoms with Gasteiger partial charge in [-0.25, -0.2) is 8.78 Å². The average molecular weight is 485 g/mol. The molecule has 0 radical (unpaired) electrons. The Morgan fingerprint density at radius 3 is 1.94 bits per heavy atom. The van der Waals surface area contributed by atoms with Gasteiger partial charge in [0.25, 0.3) is 0 Å². The largest absolute Gasteiger partial charge is 0.333 e. The molecule has 0 fully saturated rings. The van der Waals surface area contributed by atoms with Crippen molar-refractivity contribution < 1.29 is 18.4 Å². The Kier molecular flexibility index (Phi) is 8.93. The Bertz CT molecular complexity index is 1090. The van der Waals surface area contributed by atoms with Crippen LogP contribution in [0.4, 0.5) is 8.78 Å². The van der Waals surface area contributed by atoms with Crippen LogP contribution >= 0.6 is 11.3 Å². The van der Waals surface area contributed by atoms with E-state index < -0.39 is 0 Å². The Morgan fingerprint density at radius 2 is 1.41 bits per heavy atom. The lowest BCUT2D eigenvalue weighted by molar-refractivity contribution is -0.141. The molecule has 34 heavy (non-hydrogen) atoms. The number of hydrogen-bond acceptors (Lipinski definition) is 3. The van der Waals surface area contributed by atoms with Gasteiger partial charge in [0.15, 0.2) is 0 Å². The van der Waals surface area contributed by atoms with E-state index in [1.165, 1.54) is 24.3 Å². The maximum atomic E-state index is 13.5. The van der Waals surface area contributed by atoms with Crippen LogP contribution in [0.3, 0.4) is 0 Å². The van der Waals surface area contributed by atoms with Gasteiger partial charge in [0.2, 0.25) is 11.8 Å². The predicted molar refractivity (Wildman–Crippen MR) is 131 cm³/mol. The molecule has 0 atom stereocenters. The molecular formula is C27H30F2N2O2S. The van der Waals surface area contributed by atoms with Crippen molar-refractivity contribution in [1.82, 2.24) is 9.80 Å². The van der Waals surface area contributed by atoms with Crippen LogP contribution in [0.2, 0.25) is 0 Å². The second-order valence-corrected chi connectivity index (χ2v) is 9.88. The zero-order chi connectivity index (χ0) is 24.7. The Labute approximate surface area is 203 Å². The first-order valence-electron chi connectivity index (χ1n) is 11.3. The number of rotatable bonds is 10. The lowest BCUT2D eigenvalue weighted by Crippen LogP contribution is -2.44. The highest BCUT2D eigenvalue weighted by Crippen LogP contribution is 2.20. The zero-order valence-corrected chi connectivity index (χ0v) is 20.6. The molecule has 3 aromatic rings. The van der Waals surface area contributed by atoms with Gasteiger partial charge in [-0.15, -0.1) is 11.3 Å². The van der Waals surface area contributed by atoms with Crippen LogP contribution in [0.15, 0.2) is 60.0 Å². The van der Waals surface area contributed by atoms with Crippen LogP contribution in [-0.2, 0) is 29.1 Å². The number of hydrogen-bond donors (Lipinski definition) is 0. The molecule has 0 aliphatic heterocycles. The van der Waals surface area contributed by atoms with E-state index in [0.717, 1.165) is 16.0 Å². The summed E-state index contributed by atoms with van der Waals surface area (Å²) in [6.45, 7) is 7.11. The zero-order valence-electron chi connectivity index (χ0n) is 19.8. The summed E-state index contributed by atoms with van der Waals surface area (Å²) in [6.07, 6.45) is 0.0995. The normalized spacial score (nSPS) is 11.0. The molecular weight excluding hydrogens is 454 g/mol. The summed E-state index contributed by atoms with van der Waals surface area (Å²) >= 11 is 1.58. The van der Waals surface area contributed by atoms with Gasteiger partial charge in [0.1, 0.15) is 11.6 Å². The maximum absolute atomic E-state index is 13.5. The third kappa shape index (κ3) is 7.48. The predicted octanol–water partition coefficient (Wildman–Crippen LogP) is 5.59. The summed E-state index contributed by atoms with van der Waals surface area (Å²) in [5.41, 5.74) is 2.62. The first-order valence-corrected chi connectivity index (χ1v) is 12.2. The van der Waals surface area contributed by atoms with Gasteiger partial charge in [-0.2, -0.15) is 0 Å². The Morgan fingerprint density at radius 1 is 0.824 bits per heavy atom. The molecule has 7 heteroatoms. The number of halogens is 2. The van der Waals surface area contributed by atoms with Gasteiger partial charge in [-0.3, -0.25) is 9.59 Å². The highest BCUT2D eigenvalue weighted by molar-refractivity contribution is 7.10. The Hall–Kier alpha value is -3.06. The molecule has 4 nitrogen and oxygen atoms in total. The second kappa shape index (κ2) is 11.9. The third-order valence-electron chi connectivity index (χ3n) is 5.48. The van der Waals surface area contributed by atoms with Gasteiger partial charge >= 0.3 is 0 Å². The van der Waals surface area contributed by atoms with E-state index in [9.17, 15) is 18.4 Å². The summed E-state index contributed by atoms with van der Waals surface area (Å²) in [5.74, 6) is -0.862. The van der Waals surface area contributed by atoms with Crippen molar-refractivity contribution in [3.8, 4) is 0 Å². The van der Waals surface area contributed by atoms with Crippen LogP contribution in [0.25, 0.3) is 0 Å². The monoisotopic (exact) mass is 484 g/mol. The molecule has 2 amide bonds. The van der Waals surface area contributed by atoms with Crippen LogP contribution in [0, 0.1) is 24.5 Å². The number of benzene rings is 2. The van der Waals surface area contributed by atoms with Crippen molar-refractivity contribution >= 4 is 23.2 Å². The molecule has 0 aliphatic carbocycles. The molecule has 0 spiro atoms. The highest BCUT2D eigenvalue weighted by Gasteiger charge is 2.23. The van der Waals surface area contributed by atoms with Crippen LogP contribution in [0.5, 0.6) is 0 Å². The van der Waals surface area contributed by atoms with Crippen molar-refractivity contribution in [2.75, 3.05) is 13.1 Å². The number of amides is 2. The fourth-order valence-corrected chi connectivity index (χ4v) is 4.55. The SMILES string of the molecule is Cc1ccsc1CN(Cc1ccc(F)cc1)C(=O)CN(CC(C)C)C(=O)Cc1ccc(F)cc1. The lowest BCUT2D eigenvalue weighted by Gasteiger charge is -2.29. The number of aryl methyl sites for hydroxylation is 1. The number of nitrogens with zero attached hydrogens (tertiary/aromatic N) is 2. The number of thiophene rings is 1. The quantitative estimate of drug-likeness (QED) is 0.376. The van der Waals surface area contributed by atoms with Crippen LogP contribution in [0.1, 0.15) is 35.4 Å². The van der Waals surface area contributed by atoms with Gasteiger partial charge in [-0.05, 0) is 65.2 Å². The first kappa shape index (κ1) is 25.6. The topological polar surface area (TPSA) is 40.6 Å². The van der Waals surface area contributed by atoms with Crippen molar-refractivity contribution in [2.24, 2.45) is 5.92 Å². The van der Waals surface area contributed by atoms with Crippen molar-refractivity contribution in [3.05, 3.63) is 93.2 Å². The van der Waals surface area contributed by atoms with E-state index in [4.69, 9.17) is 0 Å². The first-order chi connectivity index (χ1) is 16.2. The van der Waals surface area contributed by atoms with E-state index in [1.807, 2.05) is 32.2 Å². The van der Waals surface area contributed by atoms with Gasteiger partial charge in [-0.1, -0.05) is 38.1 Å². The second-order valence-electron chi connectivity index (χ2n) is 8.87. The van der Waals surface area contributed by atoms with E-state index in [0.29, 0.717) is 25.2 Å². The minimum Gasteiger partial charge on any atom is -0.333 e. The molecule has 0 aliphatic rings. The van der Waals surface area contributed by atoms with Crippen molar-refractivity contribution in [2.45, 2.75) is 40.3 Å². The average Bonchev–Trinajstić information content (AvgIpc) is 3.19. The third-order valence-corrected chi connectivity index (χ3v) is 6.48. The van der Waals surface area contributed by atoms with Crippen LogP contribution < -0.4 is 0 Å². The molecule has 0 N–H and O–H groups in total. The Balaban J connectivity index is 1.78. The molecule has 0 saturated heterocycles. The number of carbonyl (C=O) groups excluding carboxylic acids is 2. The molecule has 3 rings (SSSR count). The maximum Gasteiger partial charge on any atom is 0.242 e. The van der Waals surface area contributed by atoms with Gasteiger partial charge < -0.3 is 9.80 Å². The van der Waals surface area contributed by atoms with Gasteiger partial charge in [0, 0.05) is 18.0 Å². The fourth-order valence-electron chi connectivity index (χ4n) is 3.63. The lowest BCUT2D eigenvalue weighted by atomic mass is 10.1. The summed E-state index contributed by atoms with van der Waals surface area (Å²) in [4.78, 5) is 30.9. The number of carbonyl (C=O) groups is 2. The van der Waals surface area contributed by atoms with Crippen molar-refractivity contribution in [3.63, 3.8) is 0 Å². The molecule has 2 aromatic carbocycles. The van der Waals surface area contributed by atoms with Gasteiger partial charge in [0.05, 0.1) is 19.5 Å². The summed E-state index contributed by atoms with van der Waals surface area (Å²) < 4.78 is 26.6. The minimum atomic E-state index is -0.356. The standard InChI is InChI=1S/C27H30F2N2O2S/c1-19(2)15-30(26(32)14-21-4-8-23(28)9-5-21)18-27(33)31(17-25-20(3)12-13-34-25)16-22-6-10-24(29)11-7-22/h4-13,19H,14-18H2,1-3H3. The molecule has 0 saturated carbocycles. The van der Waals surface area contributed by atoms with E-state index in [1.54, 1.807) is 45.4 Å². The summed E-state index contributed by atoms with van der Waals surface area (Å²) in [7, 11) is 0. The van der Waals surface area contributed by atoms with E-state index >= 15 is 0 Å². The minimum absolute atomic E-state index is 0.0518. The summed E-state index contributed by atoms with van der Waals surface area (Å²) in [5, 5.41) is 1.99. The van der Waals surface area contributed by atoms with Crippen molar-refractivity contribution in [1.29, 1.82) is 0 Å². The van der Waals surface area contributed by atoms with E-state index in [-0.39, 0.29) is 42.3 Å². The smallest absolute Gasteiger partial charge is 0.242 e. The molecule has 180 valence electrons. The molecule has 0 bridgehead atoms. The summed E-state index contributed by atoms with van der Waals surface area (Å²) in [6, 6.07) is 13.9. The fraction of sp³-hybridized carbons (Fsp3) is 0.333. The molecule has 0 unspecified atom stereocenters. The van der Waals surface area contributed by atoms with E-state index in [2.05, 4.69) is 0 Å².